The van der Waals surface area contributed by atoms with Crippen molar-refractivity contribution in [3.63, 3.8) is 0 Å². The van der Waals surface area contributed by atoms with Gasteiger partial charge in [0.1, 0.15) is 0 Å². The fraction of sp³-hybridized carbons (Fsp3) is 0.0714. The van der Waals surface area contributed by atoms with E-state index in [0.29, 0.717) is 5.46 Å². The number of fused-ring (bicyclic) bond motifs is 6. The Balaban J connectivity index is 1.57. The lowest BCUT2D eigenvalue weighted by Gasteiger charge is -2.19. The maximum atomic E-state index is 9.48. The molecule has 0 saturated carbocycles. The normalized spacial score (nSPS) is 13.1. The van der Waals surface area contributed by atoms with Gasteiger partial charge in [-0.15, -0.1) is 0 Å². The molecule has 0 radical (unpaired) electrons. The van der Waals surface area contributed by atoms with E-state index in [2.05, 4.69) is 72.8 Å². The molecule has 0 amide bonds. The van der Waals surface area contributed by atoms with Crippen LogP contribution < -0.4 is 5.46 Å². The van der Waals surface area contributed by atoms with Crippen molar-refractivity contribution in [3.8, 4) is 11.1 Å². The Kier molecular flexibility index (Phi) is 4.20. The van der Waals surface area contributed by atoms with Gasteiger partial charge in [0, 0.05) is 0 Å². The van der Waals surface area contributed by atoms with Gasteiger partial charge in [-0.1, -0.05) is 78.9 Å². The summed E-state index contributed by atoms with van der Waals surface area (Å²) in [4.78, 5) is 0. The van der Waals surface area contributed by atoms with Gasteiger partial charge < -0.3 is 10.0 Å². The Bertz CT molecular complexity index is 1510. The summed E-state index contributed by atoms with van der Waals surface area (Å²) in [7, 11) is -1.45. The van der Waals surface area contributed by atoms with Crippen LogP contribution in [0.4, 0.5) is 0 Å². The topological polar surface area (TPSA) is 40.5 Å². The van der Waals surface area contributed by atoms with Crippen molar-refractivity contribution in [2.45, 2.75) is 12.8 Å². The Morgan fingerprint density at radius 2 is 1.42 bits per heavy atom. The van der Waals surface area contributed by atoms with E-state index in [4.69, 9.17) is 0 Å². The standard InChI is InChI=1S/C28H21BO2/c30-29(31)22-12-14-25-21(16-22)10-9-19-15-20(11-13-24(19)25)28-17-18-5-1-2-6-23(18)26-7-3-4-8-27(26)28/h1-3,5-7,9-17,30-31H,4,8H2. The zero-order valence-electron chi connectivity index (χ0n) is 17.0. The average Bonchev–Trinajstić information content (AvgIpc) is 2.82. The van der Waals surface area contributed by atoms with Crippen molar-refractivity contribution in [2.75, 3.05) is 0 Å². The van der Waals surface area contributed by atoms with Gasteiger partial charge in [0.25, 0.3) is 0 Å². The largest absolute Gasteiger partial charge is 0.488 e. The molecule has 0 fully saturated rings. The fourth-order valence-corrected chi connectivity index (χ4v) is 4.98. The summed E-state index contributed by atoms with van der Waals surface area (Å²) in [5.74, 6) is 0. The summed E-state index contributed by atoms with van der Waals surface area (Å²) in [6.45, 7) is 0. The first-order valence-corrected chi connectivity index (χ1v) is 10.7. The van der Waals surface area contributed by atoms with Crippen LogP contribution in [0.2, 0.25) is 0 Å². The molecule has 1 aliphatic rings. The van der Waals surface area contributed by atoms with E-state index in [1.807, 2.05) is 12.1 Å². The molecular formula is C28H21BO2. The predicted molar refractivity (Wildman–Crippen MR) is 132 cm³/mol. The van der Waals surface area contributed by atoms with Crippen LogP contribution in [-0.4, -0.2) is 17.2 Å². The van der Waals surface area contributed by atoms with Gasteiger partial charge in [0.15, 0.2) is 0 Å². The number of hydrogen-bond donors (Lipinski definition) is 2. The first-order valence-electron chi connectivity index (χ1n) is 10.7. The van der Waals surface area contributed by atoms with E-state index >= 15 is 0 Å². The minimum absolute atomic E-state index is 0.513. The highest BCUT2D eigenvalue weighted by atomic mass is 16.4. The smallest absolute Gasteiger partial charge is 0.423 e. The van der Waals surface area contributed by atoms with Crippen LogP contribution in [0.15, 0.2) is 84.9 Å². The van der Waals surface area contributed by atoms with Gasteiger partial charge in [0.05, 0.1) is 0 Å². The first kappa shape index (κ1) is 18.4. The molecule has 3 heteroatoms. The van der Waals surface area contributed by atoms with Crippen molar-refractivity contribution < 1.29 is 10.0 Å². The van der Waals surface area contributed by atoms with Crippen LogP contribution >= 0.6 is 0 Å². The number of hydrogen-bond acceptors (Lipinski definition) is 2. The quantitative estimate of drug-likeness (QED) is 0.306. The zero-order valence-corrected chi connectivity index (χ0v) is 17.0. The number of benzene rings is 5. The fourth-order valence-electron chi connectivity index (χ4n) is 4.98. The summed E-state index contributed by atoms with van der Waals surface area (Å²) < 4.78 is 0. The third-order valence-corrected chi connectivity index (χ3v) is 6.52. The van der Waals surface area contributed by atoms with Crippen molar-refractivity contribution in [1.29, 1.82) is 0 Å². The highest BCUT2D eigenvalue weighted by Crippen LogP contribution is 2.38. The summed E-state index contributed by atoms with van der Waals surface area (Å²) in [6.07, 6.45) is 6.71. The Morgan fingerprint density at radius 1 is 0.677 bits per heavy atom. The lowest BCUT2D eigenvalue weighted by Crippen LogP contribution is -2.29. The summed E-state index contributed by atoms with van der Waals surface area (Å²) in [5, 5.41) is 26.1. The molecular weight excluding hydrogens is 379 g/mol. The second-order valence-electron chi connectivity index (χ2n) is 8.33. The van der Waals surface area contributed by atoms with Crippen molar-refractivity contribution in [3.05, 3.63) is 96.1 Å². The number of rotatable bonds is 2. The van der Waals surface area contributed by atoms with Crippen LogP contribution in [0.25, 0.3) is 49.5 Å². The van der Waals surface area contributed by atoms with Crippen molar-refractivity contribution in [2.24, 2.45) is 0 Å². The van der Waals surface area contributed by atoms with E-state index in [-0.39, 0.29) is 0 Å². The van der Waals surface area contributed by atoms with Crippen LogP contribution in [0.1, 0.15) is 17.5 Å². The molecule has 0 spiro atoms. The van der Waals surface area contributed by atoms with Crippen molar-refractivity contribution >= 4 is 51.0 Å². The second-order valence-corrected chi connectivity index (χ2v) is 8.33. The molecule has 5 aromatic carbocycles. The maximum Gasteiger partial charge on any atom is 0.488 e. The van der Waals surface area contributed by atoms with E-state index in [1.165, 1.54) is 43.8 Å². The lowest BCUT2D eigenvalue weighted by atomic mass is 9.79. The van der Waals surface area contributed by atoms with Crippen LogP contribution in [-0.2, 0) is 6.42 Å². The van der Waals surface area contributed by atoms with Gasteiger partial charge in [-0.05, 0) is 85.0 Å². The minimum atomic E-state index is -1.45. The van der Waals surface area contributed by atoms with Gasteiger partial charge in [-0.3, -0.25) is 0 Å². The minimum Gasteiger partial charge on any atom is -0.423 e. The molecule has 0 aromatic heterocycles. The summed E-state index contributed by atoms with van der Waals surface area (Å²) in [6, 6.07) is 27.5. The van der Waals surface area contributed by atoms with E-state index in [1.54, 1.807) is 6.07 Å². The van der Waals surface area contributed by atoms with Crippen LogP contribution in [0.5, 0.6) is 0 Å². The van der Waals surface area contributed by atoms with Crippen LogP contribution in [0, 0.1) is 0 Å². The molecule has 1 aliphatic carbocycles. The van der Waals surface area contributed by atoms with Crippen LogP contribution in [0.3, 0.4) is 0 Å². The molecule has 0 bridgehead atoms. The van der Waals surface area contributed by atoms with Gasteiger partial charge in [-0.25, -0.2) is 0 Å². The number of allylic oxidation sites excluding steroid dienone is 1. The third kappa shape index (κ3) is 2.97. The molecule has 148 valence electrons. The Morgan fingerprint density at radius 3 is 2.26 bits per heavy atom. The van der Waals surface area contributed by atoms with Gasteiger partial charge >= 0.3 is 7.12 Å². The van der Waals surface area contributed by atoms with E-state index in [0.717, 1.165) is 23.6 Å². The molecule has 6 rings (SSSR count). The molecule has 31 heavy (non-hydrogen) atoms. The third-order valence-electron chi connectivity index (χ3n) is 6.52. The Labute approximate surface area is 181 Å². The molecule has 0 heterocycles. The average molecular weight is 400 g/mol. The van der Waals surface area contributed by atoms with Gasteiger partial charge in [-0.2, -0.15) is 0 Å². The van der Waals surface area contributed by atoms with E-state index in [9.17, 15) is 10.0 Å². The molecule has 0 saturated heterocycles. The van der Waals surface area contributed by atoms with Crippen molar-refractivity contribution in [1.82, 2.24) is 0 Å². The van der Waals surface area contributed by atoms with E-state index < -0.39 is 7.12 Å². The summed E-state index contributed by atoms with van der Waals surface area (Å²) >= 11 is 0. The zero-order chi connectivity index (χ0) is 20.9. The SMILES string of the molecule is OB(O)c1ccc2c(ccc3cc(-c4cc5ccccc5c5c4CCC=C5)ccc32)c1. The predicted octanol–water partition coefficient (Wildman–Crippen LogP) is 5.45. The summed E-state index contributed by atoms with van der Waals surface area (Å²) in [5.41, 5.74) is 5.86. The molecule has 5 aromatic rings. The second kappa shape index (κ2) is 7.09. The molecule has 2 nitrogen and oxygen atoms in total. The first-order chi connectivity index (χ1) is 15.2. The lowest BCUT2D eigenvalue weighted by molar-refractivity contribution is 0.426. The highest BCUT2D eigenvalue weighted by molar-refractivity contribution is 6.59. The molecule has 0 unspecified atom stereocenters. The van der Waals surface area contributed by atoms with Gasteiger partial charge in [0.2, 0.25) is 0 Å². The maximum absolute atomic E-state index is 9.48. The highest BCUT2D eigenvalue weighted by Gasteiger charge is 2.16. The molecule has 0 atom stereocenters. The molecule has 0 aliphatic heterocycles. The molecule has 2 N–H and O–H groups in total. The Hall–Kier alpha value is -3.40. The monoisotopic (exact) mass is 400 g/mol.